The molecular weight excluding hydrogens is 244 g/mol. The average Bonchev–Trinajstić information content (AvgIpc) is 2.51. The van der Waals surface area contributed by atoms with Crippen molar-refractivity contribution in [1.29, 1.82) is 0 Å². The number of hydrogen-bond donors (Lipinski definition) is 0. The predicted octanol–water partition coefficient (Wildman–Crippen LogP) is 3.94. The Morgan fingerprint density at radius 1 is 0.850 bits per heavy atom. The van der Waals surface area contributed by atoms with Gasteiger partial charge in [-0.2, -0.15) is 0 Å². The van der Waals surface area contributed by atoms with E-state index in [1.165, 1.54) is 11.3 Å². The van der Waals surface area contributed by atoms with Gasteiger partial charge in [0.1, 0.15) is 13.1 Å². The Kier molecular flexibility index (Phi) is 5.05. The summed E-state index contributed by atoms with van der Waals surface area (Å²) in [5.41, 5.74) is 4.62. The van der Waals surface area contributed by atoms with Gasteiger partial charge in [0.2, 0.25) is 0 Å². The van der Waals surface area contributed by atoms with Crippen molar-refractivity contribution in [2.45, 2.75) is 27.2 Å². The molecule has 1 aliphatic rings. The molecule has 0 bridgehead atoms. The van der Waals surface area contributed by atoms with Crippen LogP contribution in [0, 0.1) is 0 Å². The van der Waals surface area contributed by atoms with Crippen LogP contribution in [0.15, 0.2) is 53.6 Å². The predicted molar refractivity (Wildman–Crippen MR) is 87.5 cm³/mol. The third-order valence-corrected chi connectivity index (χ3v) is 3.58. The van der Waals surface area contributed by atoms with Crippen LogP contribution in [0.4, 0.5) is 5.69 Å². The van der Waals surface area contributed by atoms with Crippen LogP contribution in [0.1, 0.15) is 26.3 Å². The van der Waals surface area contributed by atoms with Gasteiger partial charge in [0, 0.05) is 12.2 Å². The van der Waals surface area contributed by atoms with E-state index < -0.39 is 0 Å². The molecule has 0 fully saturated rings. The van der Waals surface area contributed by atoms with Gasteiger partial charge in [-0.25, -0.2) is 9.57 Å². The van der Waals surface area contributed by atoms with E-state index in [0.29, 0.717) is 0 Å². The van der Waals surface area contributed by atoms with Gasteiger partial charge in [0.25, 0.3) is 0 Å². The van der Waals surface area contributed by atoms with Gasteiger partial charge in [0.15, 0.2) is 5.71 Å². The summed E-state index contributed by atoms with van der Waals surface area (Å²) in [6, 6.07) is 8.44. The molecule has 0 atom stereocenters. The summed E-state index contributed by atoms with van der Waals surface area (Å²) in [5.74, 6) is 0. The van der Waals surface area contributed by atoms with E-state index in [-0.39, 0.29) is 0 Å². The van der Waals surface area contributed by atoms with E-state index in [4.69, 9.17) is 0 Å². The molecule has 1 aliphatic carbocycles. The lowest BCUT2D eigenvalue weighted by Crippen LogP contribution is -2.19. The van der Waals surface area contributed by atoms with Crippen molar-refractivity contribution >= 4 is 17.1 Å². The molecule has 20 heavy (non-hydrogen) atoms. The molecule has 104 valence electrons. The first-order valence-corrected chi connectivity index (χ1v) is 7.42. The molecule has 0 heterocycles. The summed E-state index contributed by atoms with van der Waals surface area (Å²) in [4.78, 5) is 4.65. The van der Waals surface area contributed by atoms with Crippen LogP contribution in [0.5, 0.6) is 0 Å². The standard InChI is InChI=1S/C18H23N2/c1-4-15-7-9-16(10-8-15)19-17-11-13-18(14-12-17)20(5-2)6-3/h7-14H,4-6H2,1-3H3/q+1. The zero-order valence-corrected chi connectivity index (χ0v) is 12.6. The van der Waals surface area contributed by atoms with Crippen LogP contribution in [-0.2, 0) is 6.42 Å². The van der Waals surface area contributed by atoms with Gasteiger partial charge in [-0.15, -0.1) is 0 Å². The van der Waals surface area contributed by atoms with Crippen LogP contribution in [0.25, 0.3) is 0 Å². The smallest absolute Gasteiger partial charge is 0.200 e. The summed E-state index contributed by atoms with van der Waals surface area (Å²) < 4.78 is 2.33. The Morgan fingerprint density at radius 2 is 1.45 bits per heavy atom. The zero-order chi connectivity index (χ0) is 14.4. The second-order valence-corrected chi connectivity index (χ2v) is 4.82. The molecule has 0 saturated carbocycles. The Labute approximate surface area is 121 Å². The number of aryl methyl sites for hydroxylation is 1. The Morgan fingerprint density at radius 3 is 1.95 bits per heavy atom. The second-order valence-electron chi connectivity index (χ2n) is 4.82. The highest BCUT2D eigenvalue weighted by Crippen LogP contribution is 2.15. The first-order valence-electron chi connectivity index (χ1n) is 7.42. The van der Waals surface area contributed by atoms with Gasteiger partial charge >= 0.3 is 0 Å². The van der Waals surface area contributed by atoms with Gasteiger partial charge in [-0.1, -0.05) is 19.1 Å². The number of benzene rings is 1. The highest BCUT2D eigenvalue weighted by molar-refractivity contribution is 6.17. The van der Waals surface area contributed by atoms with Crippen LogP contribution in [0.3, 0.4) is 0 Å². The number of aliphatic imine (C=N–C) groups is 1. The SMILES string of the molecule is CCc1ccc(N=C2C=CC(=[N+](CC)CC)C=C2)cc1. The van der Waals surface area contributed by atoms with Crippen molar-refractivity contribution in [2.24, 2.45) is 4.99 Å². The highest BCUT2D eigenvalue weighted by atomic mass is 15.0. The summed E-state index contributed by atoms with van der Waals surface area (Å²) >= 11 is 0. The molecular formula is C18H23N2+. The maximum atomic E-state index is 4.65. The fraction of sp³-hybridized carbons (Fsp3) is 0.333. The summed E-state index contributed by atoms with van der Waals surface area (Å²) in [6.07, 6.45) is 9.53. The van der Waals surface area contributed by atoms with Crippen molar-refractivity contribution in [3.63, 3.8) is 0 Å². The molecule has 0 unspecified atom stereocenters. The largest absolute Gasteiger partial charge is 0.249 e. The Hall–Kier alpha value is -1.96. The lowest BCUT2D eigenvalue weighted by Gasteiger charge is -2.04. The molecule has 2 rings (SSSR count). The third-order valence-electron chi connectivity index (χ3n) is 3.58. The Bertz CT molecular complexity index is 548. The van der Waals surface area contributed by atoms with E-state index in [0.717, 1.165) is 30.9 Å². The minimum atomic E-state index is 1.00. The maximum absolute atomic E-state index is 4.65. The van der Waals surface area contributed by atoms with Gasteiger partial charge in [0.05, 0.1) is 11.4 Å². The monoisotopic (exact) mass is 267 g/mol. The molecule has 0 saturated heterocycles. The highest BCUT2D eigenvalue weighted by Gasteiger charge is 2.08. The number of rotatable bonds is 4. The first-order chi connectivity index (χ1) is 9.76. The molecule has 0 aliphatic heterocycles. The molecule has 1 aromatic rings. The van der Waals surface area contributed by atoms with Crippen LogP contribution in [-0.4, -0.2) is 29.1 Å². The quantitative estimate of drug-likeness (QED) is 0.580. The second kappa shape index (κ2) is 6.99. The van der Waals surface area contributed by atoms with Crippen molar-refractivity contribution in [1.82, 2.24) is 0 Å². The van der Waals surface area contributed by atoms with Gasteiger partial charge < -0.3 is 0 Å². The molecule has 0 radical (unpaired) electrons. The topological polar surface area (TPSA) is 15.4 Å². The van der Waals surface area contributed by atoms with E-state index in [2.05, 4.69) is 78.9 Å². The third kappa shape index (κ3) is 3.53. The van der Waals surface area contributed by atoms with E-state index in [1.807, 2.05) is 0 Å². The number of nitrogens with zero attached hydrogens (tertiary/aromatic N) is 2. The number of hydrogen-bond acceptors (Lipinski definition) is 1. The molecule has 0 spiro atoms. The van der Waals surface area contributed by atoms with Crippen molar-refractivity contribution in [2.75, 3.05) is 13.1 Å². The summed E-state index contributed by atoms with van der Waals surface area (Å²) in [6.45, 7) is 8.59. The zero-order valence-electron chi connectivity index (χ0n) is 12.6. The van der Waals surface area contributed by atoms with Crippen molar-refractivity contribution in [3.05, 3.63) is 54.1 Å². The van der Waals surface area contributed by atoms with Crippen LogP contribution in [0.2, 0.25) is 0 Å². The molecule has 2 nitrogen and oxygen atoms in total. The minimum absolute atomic E-state index is 1.00. The van der Waals surface area contributed by atoms with Gasteiger partial charge in [-0.3, -0.25) is 0 Å². The normalized spacial score (nSPS) is 13.8. The van der Waals surface area contributed by atoms with Gasteiger partial charge in [-0.05, 0) is 50.1 Å². The van der Waals surface area contributed by atoms with Crippen molar-refractivity contribution in [3.8, 4) is 0 Å². The Balaban J connectivity index is 2.16. The maximum Gasteiger partial charge on any atom is 0.200 e. The lowest BCUT2D eigenvalue weighted by atomic mass is 10.1. The average molecular weight is 267 g/mol. The summed E-state index contributed by atoms with van der Waals surface area (Å²) in [5, 5.41) is 0. The van der Waals surface area contributed by atoms with Crippen molar-refractivity contribution < 1.29 is 4.58 Å². The van der Waals surface area contributed by atoms with E-state index >= 15 is 0 Å². The molecule has 1 aromatic carbocycles. The molecule has 0 N–H and O–H groups in total. The van der Waals surface area contributed by atoms with E-state index in [9.17, 15) is 0 Å². The summed E-state index contributed by atoms with van der Waals surface area (Å²) in [7, 11) is 0. The fourth-order valence-electron chi connectivity index (χ4n) is 2.28. The van der Waals surface area contributed by atoms with E-state index in [1.54, 1.807) is 0 Å². The van der Waals surface area contributed by atoms with Crippen LogP contribution >= 0.6 is 0 Å². The van der Waals surface area contributed by atoms with Crippen LogP contribution < -0.4 is 0 Å². The fourth-order valence-corrected chi connectivity index (χ4v) is 2.28. The first kappa shape index (κ1) is 14.4. The number of allylic oxidation sites excluding steroid dienone is 4. The minimum Gasteiger partial charge on any atom is -0.249 e. The lowest BCUT2D eigenvalue weighted by molar-refractivity contribution is -0.519. The molecule has 0 aromatic heterocycles. The molecule has 2 heteroatoms. The molecule has 0 amide bonds.